The molecule has 6 bridgehead atoms. The van der Waals surface area contributed by atoms with E-state index in [1.807, 2.05) is 39.0 Å². The lowest BCUT2D eigenvalue weighted by Gasteiger charge is -2.35. The lowest BCUT2D eigenvalue weighted by Crippen LogP contribution is -2.62. The van der Waals surface area contributed by atoms with Crippen molar-refractivity contribution in [3.63, 3.8) is 0 Å². The first-order valence-electron chi connectivity index (χ1n) is 21.9. The predicted molar refractivity (Wildman–Crippen MR) is 235 cm³/mol. The molecule has 2 fully saturated rings. The van der Waals surface area contributed by atoms with Gasteiger partial charge in [-0.15, -0.1) is 0 Å². The number of pyridine rings is 1. The number of carbonyl (C=O) groups excluding carboxylic acids is 3. The Kier molecular flexibility index (Phi) is 13.3. The molecular formula is C47H63N8O6+. The molecule has 0 unspecified atom stereocenters. The van der Waals surface area contributed by atoms with Crippen LogP contribution in [0.25, 0.3) is 33.3 Å². The van der Waals surface area contributed by atoms with E-state index in [2.05, 4.69) is 77.8 Å². The molecule has 4 aromatic rings. The van der Waals surface area contributed by atoms with Crippen LogP contribution in [0.4, 0.5) is 0 Å². The number of ether oxygens (including phenoxy) is 1. The van der Waals surface area contributed by atoms with Crippen LogP contribution in [-0.2, 0) is 43.3 Å². The monoisotopic (exact) mass is 835 g/mol. The van der Waals surface area contributed by atoms with Gasteiger partial charge in [-0.2, -0.15) is 5.43 Å². The number of aryl methyl sites for hydroxylation is 1. The van der Waals surface area contributed by atoms with Gasteiger partial charge >= 0.3 is 6.17 Å². The van der Waals surface area contributed by atoms with E-state index in [-0.39, 0.29) is 42.8 Å². The highest BCUT2D eigenvalue weighted by molar-refractivity contribution is 5.96. The lowest BCUT2D eigenvalue weighted by molar-refractivity contribution is -0.835. The van der Waals surface area contributed by atoms with E-state index in [0.29, 0.717) is 50.2 Å². The molecule has 2 aromatic heterocycles. The molecule has 3 N–H and O–H groups in total. The highest BCUT2D eigenvalue weighted by Crippen LogP contribution is 2.42. The molecule has 0 saturated carbocycles. The molecule has 5 heterocycles. The number of aromatic nitrogens is 2. The van der Waals surface area contributed by atoms with Crippen molar-refractivity contribution in [3.05, 3.63) is 82.5 Å². The number of rotatable bonds is 9. The molecular weight excluding hydrogens is 773 g/mol. The summed E-state index contributed by atoms with van der Waals surface area (Å²) in [4.78, 5) is 69.2. The molecule has 61 heavy (non-hydrogen) atoms. The number of likely N-dealkylation sites (N-methyl/N-ethyl adjacent to an activating group) is 1. The van der Waals surface area contributed by atoms with Gasteiger partial charge in [0.05, 0.1) is 28.3 Å². The lowest BCUT2D eigenvalue weighted by atomic mass is 9.84. The molecule has 14 nitrogen and oxygen atoms in total. The zero-order valence-electron chi connectivity index (χ0n) is 37.0. The van der Waals surface area contributed by atoms with Gasteiger partial charge in [0.25, 0.3) is 5.91 Å². The Morgan fingerprint density at radius 1 is 1.10 bits per heavy atom. The zero-order valence-corrected chi connectivity index (χ0v) is 37.0. The number of nitrogens with one attached hydrogen (secondary N) is 3. The minimum Gasteiger partial charge on any atom is -0.375 e. The Hall–Kier alpha value is -5.18. The first-order valence-corrected chi connectivity index (χ1v) is 21.9. The van der Waals surface area contributed by atoms with E-state index in [1.165, 1.54) is 5.01 Å². The van der Waals surface area contributed by atoms with Gasteiger partial charge in [-0.05, 0) is 92.1 Å². The standard InChI is InChI=1S/C47H62N8O6/c1-9-53-39-18-17-33-25-36(39)37(43(53)35-15-11-20-49-41(35)30(4)60-8)26-47(5,6)28-61-55(59)40-16-12-22-54(51-40)46(58)38(24-31-13-10-14-32(33)23-31)50-44(56)42(29(2)3)52(7)45(57)34-19-21-48-27-34/h10-11,13-15,17-18,20,23,25,29-30,34,38,40,42,48,51H,9,12,16,19,21-22,24,26-28H2,1-8H3/p+1/t30-,34-,38-,40+,42-/m0/s1. The summed E-state index contributed by atoms with van der Waals surface area (Å²) in [6.07, 6.45) is 3.25. The van der Waals surface area contributed by atoms with Crippen LogP contribution in [0.3, 0.4) is 0 Å². The van der Waals surface area contributed by atoms with Crippen LogP contribution in [0.5, 0.6) is 0 Å². The minimum atomic E-state index is -0.996. The molecule has 0 radical (unpaired) electrons. The van der Waals surface area contributed by atoms with E-state index >= 15 is 0 Å². The van der Waals surface area contributed by atoms with Crippen molar-refractivity contribution in [1.82, 2.24) is 35.5 Å². The van der Waals surface area contributed by atoms with Gasteiger partial charge in [0.15, 0.2) is 6.61 Å². The molecule has 0 aliphatic carbocycles. The molecule has 3 amide bonds. The Bertz CT molecular complexity index is 2260. The molecule has 0 spiro atoms. The third-order valence-electron chi connectivity index (χ3n) is 12.6. The van der Waals surface area contributed by atoms with Crippen LogP contribution in [0, 0.1) is 22.2 Å². The van der Waals surface area contributed by atoms with Gasteiger partial charge in [-0.3, -0.25) is 24.4 Å². The third kappa shape index (κ3) is 9.22. The average molecular weight is 836 g/mol. The molecule has 3 aliphatic rings. The quantitative estimate of drug-likeness (QED) is 0.186. The van der Waals surface area contributed by atoms with Crippen LogP contribution in [-0.4, -0.2) is 101 Å². The zero-order chi connectivity index (χ0) is 43.6. The van der Waals surface area contributed by atoms with E-state index < -0.39 is 29.6 Å². The second-order valence-corrected chi connectivity index (χ2v) is 18.1. The average Bonchev–Trinajstić information content (AvgIpc) is 3.90. The van der Waals surface area contributed by atoms with Crippen molar-refractivity contribution in [2.45, 2.75) is 105 Å². The van der Waals surface area contributed by atoms with Crippen LogP contribution in [0.2, 0.25) is 0 Å². The number of nitrogens with zero attached hydrogens (tertiary/aromatic N) is 5. The molecule has 3 aliphatic heterocycles. The van der Waals surface area contributed by atoms with E-state index in [4.69, 9.17) is 14.6 Å². The van der Waals surface area contributed by atoms with Crippen LogP contribution in [0.1, 0.15) is 83.7 Å². The smallest absolute Gasteiger partial charge is 0.326 e. The van der Waals surface area contributed by atoms with Crippen LogP contribution >= 0.6 is 0 Å². The number of benzene rings is 2. The summed E-state index contributed by atoms with van der Waals surface area (Å²) in [5.74, 6) is -1.28. The van der Waals surface area contributed by atoms with Crippen LogP contribution < -0.4 is 16.1 Å². The highest BCUT2D eigenvalue weighted by Gasteiger charge is 2.41. The molecule has 2 saturated heterocycles. The predicted octanol–water partition coefficient (Wildman–Crippen LogP) is 5.96. The van der Waals surface area contributed by atoms with Gasteiger partial charge < -0.3 is 24.8 Å². The number of hydrogen-bond donors (Lipinski definition) is 3. The summed E-state index contributed by atoms with van der Waals surface area (Å²) >= 11 is 0. The second kappa shape index (κ2) is 18.4. The fourth-order valence-electron chi connectivity index (χ4n) is 9.38. The SMILES string of the molecule is CCn1c(-c2cccnc2[C@H](C)OC)c2c3cc(ccc31)-c1cccc(c1)C[C@H](NC(=O)[C@H](C(C)C)N(C)C(=O)[C@H]1CCNC1)C(=O)N1CCC[C@H](N1)[N+](=O)OCC(C)(C)C2. The number of amides is 3. The maximum atomic E-state index is 14.6. The van der Waals surface area contributed by atoms with Crippen molar-refractivity contribution in [2.24, 2.45) is 17.3 Å². The molecule has 2 aromatic carbocycles. The normalized spacial score (nSPS) is 21.8. The Morgan fingerprint density at radius 3 is 2.61 bits per heavy atom. The van der Waals surface area contributed by atoms with Crippen molar-refractivity contribution in [2.75, 3.05) is 40.4 Å². The van der Waals surface area contributed by atoms with Crippen molar-refractivity contribution in [3.8, 4) is 22.4 Å². The van der Waals surface area contributed by atoms with E-state index in [1.54, 1.807) is 25.3 Å². The Morgan fingerprint density at radius 2 is 1.89 bits per heavy atom. The number of fused-ring (bicyclic) bond motifs is 6. The topological polar surface area (TPSA) is 150 Å². The summed E-state index contributed by atoms with van der Waals surface area (Å²) < 4.78 is 8.15. The first kappa shape index (κ1) is 43.9. The van der Waals surface area contributed by atoms with Crippen molar-refractivity contribution in [1.29, 1.82) is 0 Å². The van der Waals surface area contributed by atoms with Gasteiger partial charge in [0.1, 0.15) is 12.1 Å². The number of hydrogen-bond acceptors (Lipinski definition) is 9. The highest BCUT2D eigenvalue weighted by atomic mass is 16.8. The maximum Gasteiger partial charge on any atom is 0.326 e. The third-order valence-corrected chi connectivity index (χ3v) is 12.6. The number of carbonyl (C=O) groups is 3. The Balaban J connectivity index is 1.32. The molecule has 7 rings (SSSR count). The summed E-state index contributed by atoms with van der Waals surface area (Å²) in [6, 6.07) is 16.9. The van der Waals surface area contributed by atoms with Crippen molar-refractivity contribution < 1.29 is 28.9 Å². The fraction of sp³-hybridized carbons (Fsp3) is 0.532. The van der Waals surface area contributed by atoms with Crippen LogP contribution in [0.15, 0.2) is 60.8 Å². The molecule has 326 valence electrons. The summed E-state index contributed by atoms with van der Waals surface area (Å²) in [5.41, 5.74) is 10.6. The van der Waals surface area contributed by atoms with Crippen molar-refractivity contribution >= 4 is 28.6 Å². The number of hydrazine groups is 1. The summed E-state index contributed by atoms with van der Waals surface area (Å²) in [5, 5.41) is 8.86. The first-order chi connectivity index (χ1) is 29.2. The Labute approximate surface area is 359 Å². The van der Waals surface area contributed by atoms with Gasteiger partial charge in [0.2, 0.25) is 16.7 Å². The number of methoxy groups -OCH3 is 1. The van der Waals surface area contributed by atoms with Gasteiger partial charge in [-0.25, -0.2) is 4.84 Å². The van der Waals surface area contributed by atoms with Gasteiger partial charge in [-0.1, -0.05) is 58.0 Å². The van der Waals surface area contributed by atoms with E-state index in [0.717, 1.165) is 56.7 Å². The summed E-state index contributed by atoms with van der Waals surface area (Å²) in [6.45, 7) is 14.7. The largest absolute Gasteiger partial charge is 0.375 e. The summed E-state index contributed by atoms with van der Waals surface area (Å²) in [7, 11) is 3.37. The fourth-order valence-corrected chi connectivity index (χ4v) is 9.38. The second-order valence-electron chi connectivity index (χ2n) is 18.1. The molecule has 5 atom stereocenters. The van der Waals surface area contributed by atoms with Gasteiger partial charge in [0, 0.05) is 74.7 Å². The van der Waals surface area contributed by atoms with E-state index in [9.17, 15) is 19.3 Å². The maximum absolute atomic E-state index is 14.6. The molecule has 14 heteroatoms. The minimum absolute atomic E-state index is 0.0891.